The maximum atomic E-state index is 6.25. The van der Waals surface area contributed by atoms with E-state index in [9.17, 15) is 0 Å². The van der Waals surface area contributed by atoms with Crippen LogP contribution in [-0.2, 0) is 0 Å². The zero-order chi connectivity index (χ0) is 36.3. The molecule has 2 aromatic heterocycles. The lowest BCUT2D eigenvalue weighted by Crippen LogP contribution is -2.10. The predicted molar refractivity (Wildman–Crippen MR) is 235 cm³/mol. The van der Waals surface area contributed by atoms with Gasteiger partial charge in [0.1, 0.15) is 11.2 Å². The minimum atomic E-state index is 0.905. The standard InChI is InChI=1S/C52H33NOS/c1-2-11-36(12-3-1)43-18-9-19-46-47-20-10-21-48(52(47)55-51(43)46)53(40-30-25-37(26-31-40)42-17-8-14-35-13-4-5-15-41(35)42)39-28-23-34(24-29-39)38-27-32-45-44-16-6-7-22-49(44)54-50(45)33-38/h1-33H. The van der Waals surface area contributed by atoms with Crippen LogP contribution in [0.5, 0.6) is 0 Å². The van der Waals surface area contributed by atoms with Crippen LogP contribution in [0, 0.1) is 0 Å². The van der Waals surface area contributed by atoms with Gasteiger partial charge < -0.3 is 9.32 Å². The Morgan fingerprint density at radius 2 is 0.909 bits per heavy atom. The molecule has 11 aromatic rings. The molecule has 0 fully saturated rings. The Morgan fingerprint density at radius 1 is 0.345 bits per heavy atom. The van der Waals surface area contributed by atoms with E-state index in [1.54, 1.807) is 0 Å². The van der Waals surface area contributed by atoms with E-state index in [-0.39, 0.29) is 0 Å². The van der Waals surface area contributed by atoms with Gasteiger partial charge in [0.05, 0.1) is 10.4 Å². The summed E-state index contributed by atoms with van der Waals surface area (Å²) in [6, 6.07) is 72.2. The third-order valence-electron chi connectivity index (χ3n) is 10.9. The minimum absolute atomic E-state index is 0.905. The molecule has 0 N–H and O–H groups in total. The van der Waals surface area contributed by atoms with E-state index < -0.39 is 0 Å². The van der Waals surface area contributed by atoms with E-state index in [0.717, 1.165) is 50.1 Å². The lowest BCUT2D eigenvalue weighted by atomic mass is 9.98. The number of para-hydroxylation sites is 1. The molecule has 11 rings (SSSR count). The predicted octanol–water partition coefficient (Wildman–Crippen LogP) is 15.6. The molecule has 0 unspecified atom stereocenters. The molecular formula is C52H33NOS. The summed E-state index contributed by atoms with van der Waals surface area (Å²) in [5, 5.41) is 7.34. The van der Waals surface area contributed by atoms with E-state index in [1.807, 2.05) is 23.5 Å². The minimum Gasteiger partial charge on any atom is -0.456 e. The van der Waals surface area contributed by atoms with Crippen LogP contribution < -0.4 is 4.90 Å². The van der Waals surface area contributed by atoms with Gasteiger partial charge in [0.15, 0.2) is 0 Å². The second-order valence-corrected chi connectivity index (χ2v) is 15.1. The van der Waals surface area contributed by atoms with Gasteiger partial charge in [-0.05, 0) is 92.7 Å². The summed E-state index contributed by atoms with van der Waals surface area (Å²) < 4.78 is 8.82. The zero-order valence-corrected chi connectivity index (χ0v) is 30.6. The SMILES string of the molecule is c1ccc(-c2cccc3c2sc2c(N(c4ccc(-c5ccc6c(c5)oc5ccccc56)cc4)c4ccc(-c5cccc6ccccc56)cc4)cccc23)cc1. The molecular weight excluding hydrogens is 687 g/mol. The molecule has 0 bridgehead atoms. The van der Waals surface area contributed by atoms with E-state index in [1.165, 1.54) is 53.2 Å². The summed E-state index contributed by atoms with van der Waals surface area (Å²) in [5.41, 5.74) is 12.4. The van der Waals surface area contributed by atoms with Crippen molar-refractivity contribution in [3.63, 3.8) is 0 Å². The summed E-state index contributed by atoms with van der Waals surface area (Å²) in [5.74, 6) is 0. The molecule has 0 aliphatic heterocycles. The average molecular weight is 720 g/mol. The third kappa shape index (κ3) is 5.32. The first kappa shape index (κ1) is 31.6. The van der Waals surface area contributed by atoms with Gasteiger partial charge in [0.25, 0.3) is 0 Å². The van der Waals surface area contributed by atoms with E-state index >= 15 is 0 Å². The smallest absolute Gasteiger partial charge is 0.136 e. The van der Waals surface area contributed by atoms with Crippen molar-refractivity contribution in [1.29, 1.82) is 0 Å². The molecule has 0 aliphatic carbocycles. The van der Waals surface area contributed by atoms with Crippen molar-refractivity contribution < 1.29 is 4.42 Å². The molecule has 0 spiro atoms. The summed E-state index contributed by atoms with van der Waals surface area (Å²) in [7, 11) is 0. The highest BCUT2D eigenvalue weighted by Gasteiger charge is 2.20. The Labute approximate surface area is 322 Å². The highest BCUT2D eigenvalue weighted by molar-refractivity contribution is 7.27. The molecule has 3 heteroatoms. The second-order valence-electron chi connectivity index (χ2n) is 14.1. The molecule has 9 aromatic carbocycles. The fourth-order valence-electron chi connectivity index (χ4n) is 8.23. The van der Waals surface area contributed by atoms with Crippen LogP contribution in [-0.4, -0.2) is 0 Å². The molecule has 0 aliphatic rings. The fraction of sp³-hybridized carbons (Fsp3) is 0. The number of benzene rings is 9. The van der Waals surface area contributed by atoms with Crippen molar-refractivity contribution in [2.45, 2.75) is 0 Å². The normalized spacial score (nSPS) is 11.6. The van der Waals surface area contributed by atoms with Gasteiger partial charge >= 0.3 is 0 Å². The number of hydrogen-bond acceptors (Lipinski definition) is 3. The van der Waals surface area contributed by atoms with Crippen molar-refractivity contribution in [2.75, 3.05) is 4.90 Å². The van der Waals surface area contributed by atoms with Crippen molar-refractivity contribution in [2.24, 2.45) is 0 Å². The Kier molecular flexibility index (Phi) is 7.39. The second kappa shape index (κ2) is 12.9. The first-order valence-corrected chi connectivity index (χ1v) is 19.5. The molecule has 2 heterocycles. The molecule has 55 heavy (non-hydrogen) atoms. The molecule has 0 radical (unpaired) electrons. The summed E-state index contributed by atoms with van der Waals surface area (Å²) in [6.45, 7) is 0. The quantitative estimate of drug-likeness (QED) is 0.170. The Morgan fingerprint density at radius 3 is 1.73 bits per heavy atom. The average Bonchev–Trinajstić information content (AvgIpc) is 3.83. The molecule has 0 amide bonds. The van der Waals surface area contributed by atoms with Crippen LogP contribution in [0.15, 0.2) is 205 Å². The lowest BCUT2D eigenvalue weighted by molar-refractivity contribution is 0.669. The number of nitrogens with zero attached hydrogens (tertiary/aromatic N) is 1. The van der Waals surface area contributed by atoms with Crippen LogP contribution in [0.3, 0.4) is 0 Å². The van der Waals surface area contributed by atoms with Gasteiger partial charge in [0.2, 0.25) is 0 Å². The van der Waals surface area contributed by atoms with Crippen LogP contribution in [0.4, 0.5) is 17.1 Å². The van der Waals surface area contributed by atoms with Gasteiger partial charge in [-0.3, -0.25) is 0 Å². The lowest BCUT2D eigenvalue weighted by Gasteiger charge is -2.26. The number of rotatable bonds is 6. The fourth-order valence-corrected chi connectivity index (χ4v) is 9.57. The van der Waals surface area contributed by atoms with Crippen molar-refractivity contribution in [1.82, 2.24) is 0 Å². The maximum absolute atomic E-state index is 6.25. The molecule has 2 nitrogen and oxygen atoms in total. The van der Waals surface area contributed by atoms with Crippen LogP contribution >= 0.6 is 11.3 Å². The van der Waals surface area contributed by atoms with Crippen LogP contribution in [0.1, 0.15) is 0 Å². The molecule has 258 valence electrons. The van der Waals surface area contributed by atoms with Gasteiger partial charge in [-0.1, -0.05) is 152 Å². The van der Waals surface area contributed by atoms with Crippen molar-refractivity contribution in [3.8, 4) is 33.4 Å². The van der Waals surface area contributed by atoms with Gasteiger partial charge in [-0.25, -0.2) is 0 Å². The zero-order valence-electron chi connectivity index (χ0n) is 29.8. The largest absolute Gasteiger partial charge is 0.456 e. The van der Waals surface area contributed by atoms with Crippen LogP contribution in [0.2, 0.25) is 0 Å². The summed E-state index contributed by atoms with van der Waals surface area (Å²) >= 11 is 1.88. The number of furan rings is 1. The summed E-state index contributed by atoms with van der Waals surface area (Å²) in [4.78, 5) is 2.42. The number of anilines is 3. The van der Waals surface area contributed by atoms with E-state index in [0.29, 0.717) is 0 Å². The molecule has 0 saturated carbocycles. The Hall–Kier alpha value is -6.94. The Balaban J connectivity index is 1.06. The van der Waals surface area contributed by atoms with Gasteiger partial charge in [0, 0.05) is 37.6 Å². The number of hydrogen-bond donors (Lipinski definition) is 0. The summed E-state index contributed by atoms with van der Waals surface area (Å²) in [6.07, 6.45) is 0. The molecule has 0 atom stereocenters. The first-order chi connectivity index (χ1) is 27.3. The number of fused-ring (bicyclic) bond motifs is 7. The topological polar surface area (TPSA) is 16.4 Å². The highest BCUT2D eigenvalue weighted by Crippen LogP contribution is 2.47. The van der Waals surface area contributed by atoms with Crippen molar-refractivity contribution >= 4 is 81.3 Å². The molecule has 0 saturated heterocycles. The van der Waals surface area contributed by atoms with Crippen molar-refractivity contribution in [3.05, 3.63) is 200 Å². The Bertz CT molecular complexity index is 3190. The van der Waals surface area contributed by atoms with E-state index in [2.05, 4.69) is 193 Å². The third-order valence-corrected chi connectivity index (χ3v) is 12.2. The maximum Gasteiger partial charge on any atom is 0.136 e. The highest BCUT2D eigenvalue weighted by atomic mass is 32.1. The van der Waals surface area contributed by atoms with Gasteiger partial charge in [-0.15, -0.1) is 11.3 Å². The number of thiophene rings is 1. The van der Waals surface area contributed by atoms with Crippen LogP contribution in [0.25, 0.3) is 86.3 Å². The monoisotopic (exact) mass is 719 g/mol. The van der Waals surface area contributed by atoms with Gasteiger partial charge in [-0.2, -0.15) is 0 Å². The first-order valence-electron chi connectivity index (χ1n) is 18.7. The van der Waals surface area contributed by atoms with E-state index in [4.69, 9.17) is 4.42 Å².